The number of nitrogens with zero attached hydrogens (tertiary/aromatic N) is 3. The van der Waals surface area contributed by atoms with E-state index in [1.54, 1.807) is 38.6 Å². The maximum absolute atomic E-state index is 12.9. The highest BCUT2D eigenvalue weighted by Crippen LogP contribution is 2.31. The minimum absolute atomic E-state index is 0.136. The van der Waals surface area contributed by atoms with Gasteiger partial charge in [-0.05, 0) is 68.7 Å². The number of hydrogen-bond acceptors (Lipinski definition) is 8. The highest BCUT2D eigenvalue weighted by molar-refractivity contribution is 7.90. The summed E-state index contributed by atoms with van der Waals surface area (Å²) in [6, 6.07) is 1.11. The van der Waals surface area contributed by atoms with E-state index < -0.39 is 16.1 Å². The van der Waals surface area contributed by atoms with Crippen LogP contribution in [0.1, 0.15) is 45.8 Å². The Kier molecular flexibility index (Phi) is 8.22. The highest BCUT2D eigenvalue weighted by atomic mass is 32.2. The first-order valence-electron chi connectivity index (χ1n) is 10.8. The van der Waals surface area contributed by atoms with E-state index in [4.69, 9.17) is 10.5 Å². The molecule has 1 aromatic heterocycles. The van der Waals surface area contributed by atoms with E-state index >= 15 is 0 Å². The number of rotatable bonds is 9. The lowest BCUT2D eigenvalue weighted by atomic mass is 9.91. The molecule has 180 valence electrons. The topological polar surface area (TPSA) is 127 Å². The van der Waals surface area contributed by atoms with Gasteiger partial charge in [-0.2, -0.15) is 8.42 Å². The number of nitrogens with two attached hydrogens (primary N) is 1. The fourth-order valence-corrected chi connectivity index (χ4v) is 6.14. The molecule has 0 saturated carbocycles. The summed E-state index contributed by atoms with van der Waals surface area (Å²) in [4.78, 5) is 16.6. The third-order valence-electron chi connectivity index (χ3n) is 5.97. The van der Waals surface area contributed by atoms with E-state index in [0.717, 1.165) is 24.9 Å². The standard InChI is InChI=1S/C22H31N5O4S2/c1-14-10-19(31-4)15(2)16(3)21(14)33(29,30)26-13-25-27-8-5-6-17(12-27)11-18(23)20(28)22-24-7-9-32-22/h7,9-10,13,17-18H,5-6,8,11-12,23H2,1-4H3,(H,25,26)/t17-,18-/m0/s1. The van der Waals surface area contributed by atoms with Crippen molar-refractivity contribution in [2.45, 2.75) is 51.0 Å². The maximum atomic E-state index is 12.9. The molecule has 0 amide bonds. The molecule has 33 heavy (non-hydrogen) atoms. The van der Waals surface area contributed by atoms with Gasteiger partial charge in [-0.15, -0.1) is 15.7 Å². The summed E-state index contributed by atoms with van der Waals surface area (Å²) in [5.41, 5.74) is 11.1. The summed E-state index contributed by atoms with van der Waals surface area (Å²) in [5, 5.41) is 4.10. The third-order valence-corrected chi connectivity index (χ3v) is 8.29. The number of carbonyl (C=O) groups excluding carboxylic acids is 1. The monoisotopic (exact) mass is 493 g/mol. The van der Waals surface area contributed by atoms with Crippen LogP contribution in [0.3, 0.4) is 0 Å². The molecule has 0 aliphatic carbocycles. The first-order chi connectivity index (χ1) is 15.6. The number of methoxy groups -OCH3 is 1. The zero-order chi connectivity index (χ0) is 24.2. The van der Waals surface area contributed by atoms with Crippen molar-refractivity contribution < 1.29 is 17.9 Å². The van der Waals surface area contributed by atoms with Crippen molar-refractivity contribution in [2.75, 3.05) is 20.2 Å². The lowest BCUT2D eigenvalue weighted by Gasteiger charge is -2.33. The number of hydrogen-bond donors (Lipinski definition) is 2. The molecule has 1 fully saturated rings. The average molecular weight is 494 g/mol. The Morgan fingerprint density at radius 1 is 1.42 bits per heavy atom. The van der Waals surface area contributed by atoms with Gasteiger partial charge in [0, 0.05) is 24.7 Å². The van der Waals surface area contributed by atoms with Gasteiger partial charge in [0.1, 0.15) is 12.1 Å². The predicted molar refractivity (Wildman–Crippen MR) is 129 cm³/mol. The molecule has 0 unspecified atom stereocenters. The van der Waals surface area contributed by atoms with Crippen molar-refractivity contribution in [3.63, 3.8) is 0 Å². The van der Waals surface area contributed by atoms with E-state index in [-0.39, 0.29) is 16.6 Å². The van der Waals surface area contributed by atoms with Gasteiger partial charge in [0.25, 0.3) is 10.0 Å². The number of sulfonamides is 1. The fraction of sp³-hybridized carbons (Fsp3) is 0.500. The van der Waals surface area contributed by atoms with E-state index in [2.05, 4.69) is 14.8 Å². The molecule has 0 radical (unpaired) electrons. The first-order valence-corrected chi connectivity index (χ1v) is 13.1. The number of carbonyl (C=O) groups is 1. The summed E-state index contributed by atoms with van der Waals surface area (Å²) in [5.74, 6) is 0.726. The molecule has 1 aromatic carbocycles. The quantitative estimate of drug-likeness (QED) is 0.310. The smallest absolute Gasteiger partial charge is 0.284 e. The van der Waals surface area contributed by atoms with E-state index in [1.165, 1.54) is 17.7 Å². The van der Waals surface area contributed by atoms with Crippen LogP contribution in [0.15, 0.2) is 26.9 Å². The second-order valence-corrected chi connectivity index (χ2v) is 10.8. The van der Waals surface area contributed by atoms with Crippen molar-refractivity contribution in [3.8, 4) is 5.75 Å². The van der Waals surface area contributed by atoms with Crippen LogP contribution in [0.5, 0.6) is 5.75 Å². The number of thiazole rings is 1. The lowest BCUT2D eigenvalue weighted by Crippen LogP contribution is -2.46. The molecular weight excluding hydrogens is 462 g/mol. The van der Waals surface area contributed by atoms with Crippen LogP contribution in [0.25, 0.3) is 0 Å². The molecule has 2 atom stereocenters. The number of aromatic nitrogens is 1. The summed E-state index contributed by atoms with van der Waals surface area (Å²) in [6.07, 6.45) is 5.23. The van der Waals surface area contributed by atoms with Crippen LogP contribution in [-0.4, -0.2) is 56.8 Å². The van der Waals surface area contributed by atoms with Crippen molar-refractivity contribution >= 4 is 33.5 Å². The third kappa shape index (κ3) is 5.97. The Morgan fingerprint density at radius 2 is 2.18 bits per heavy atom. The molecule has 11 heteroatoms. The fourth-order valence-electron chi connectivity index (χ4n) is 4.20. The molecule has 2 heterocycles. The number of aryl methyl sites for hydroxylation is 1. The van der Waals surface area contributed by atoms with Crippen molar-refractivity contribution in [1.29, 1.82) is 0 Å². The summed E-state index contributed by atoms with van der Waals surface area (Å²) in [6.45, 7) is 6.71. The minimum Gasteiger partial charge on any atom is -0.496 e. The zero-order valence-electron chi connectivity index (χ0n) is 19.4. The number of piperidine rings is 1. The van der Waals surface area contributed by atoms with Gasteiger partial charge in [-0.3, -0.25) is 4.79 Å². The van der Waals surface area contributed by atoms with Crippen LogP contribution in [0.4, 0.5) is 0 Å². The van der Waals surface area contributed by atoms with Crippen LogP contribution >= 0.6 is 11.3 Å². The molecule has 0 spiro atoms. The number of benzene rings is 1. The van der Waals surface area contributed by atoms with Crippen LogP contribution in [0.2, 0.25) is 0 Å². The first kappa shape index (κ1) is 25.3. The maximum Gasteiger partial charge on any atom is 0.284 e. The minimum atomic E-state index is -3.88. The van der Waals surface area contributed by atoms with Crippen molar-refractivity contribution in [3.05, 3.63) is 39.3 Å². The van der Waals surface area contributed by atoms with Crippen LogP contribution in [0, 0.1) is 26.7 Å². The molecule has 1 aliphatic heterocycles. The van der Waals surface area contributed by atoms with Gasteiger partial charge >= 0.3 is 0 Å². The number of ether oxygens (including phenoxy) is 1. The van der Waals surface area contributed by atoms with Gasteiger partial charge in [-0.25, -0.2) is 9.99 Å². The van der Waals surface area contributed by atoms with E-state index in [1.807, 2.05) is 11.9 Å². The summed E-state index contributed by atoms with van der Waals surface area (Å²) in [7, 11) is -2.32. The number of nitrogens with one attached hydrogen (secondary N) is 1. The number of hydrazine groups is 1. The van der Waals surface area contributed by atoms with Crippen molar-refractivity contribution in [1.82, 2.24) is 15.4 Å². The molecule has 0 bridgehead atoms. The van der Waals surface area contributed by atoms with Crippen molar-refractivity contribution in [2.24, 2.45) is 16.0 Å². The van der Waals surface area contributed by atoms with E-state index in [9.17, 15) is 13.2 Å². The SMILES string of the molecule is COc1cc(C)c(S(=O)(=O)N=CNN2CCC[C@@H](C[C@H](N)C(=O)c3nccs3)C2)c(C)c1C. The number of ketones is 1. The Labute approximate surface area is 199 Å². The van der Waals surface area contributed by atoms with Gasteiger partial charge in [0.2, 0.25) is 5.78 Å². The lowest BCUT2D eigenvalue weighted by molar-refractivity contribution is 0.0917. The van der Waals surface area contributed by atoms with Crippen LogP contribution < -0.4 is 15.9 Å². The normalized spacial score (nSPS) is 18.4. The van der Waals surface area contributed by atoms with Crippen LogP contribution in [-0.2, 0) is 10.0 Å². The van der Waals surface area contributed by atoms with E-state index in [0.29, 0.717) is 34.8 Å². The second kappa shape index (κ2) is 10.7. The molecule has 2 aromatic rings. The molecule has 9 nitrogen and oxygen atoms in total. The van der Waals surface area contributed by atoms with Gasteiger partial charge in [-0.1, -0.05) is 0 Å². The Balaban J connectivity index is 1.62. The van der Waals surface area contributed by atoms with Gasteiger partial charge in [0.05, 0.1) is 18.0 Å². The molecule has 3 N–H and O–H groups in total. The highest BCUT2D eigenvalue weighted by Gasteiger charge is 2.26. The largest absolute Gasteiger partial charge is 0.496 e. The molecule has 1 aliphatic rings. The predicted octanol–water partition coefficient (Wildman–Crippen LogP) is 2.61. The Bertz CT molecular complexity index is 1120. The number of Topliss-reactive ketones (excluding diaryl/α,β-unsaturated/α-hetero) is 1. The molecular formula is C22H31N5O4S2. The Hall–Kier alpha value is -2.34. The average Bonchev–Trinajstić information content (AvgIpc) is 3.30. The Morgan fingerprint density at radius 3 is 2.85 bits per heavy atom. The summed E-state index contributed by atoms with van der Waals surface area (Å²) < 4.78 is 35.0. The molecule has 1 saturated heterocycles. The molecule has 3 rings (SSSR count). The van der Waals surface area contributed by atoms with Gasteiger partial charge in [0.15, 0.2) is 5.01 Å². The second-order valence-electron chi connectivity index (χ2n) is 8.31. The summed E-state index contributed by atoms with van der Waals surface area (Å²) >= 11 is 1.29. The zero-order valence-corrected chi connectivity index (χ0v) is 21.0. The van der Waals surface area contributed by atoms with Gasteiger partial charge < -0.3 is 15.9 Å².